The molecule has 5 nitrogen and oxygen atoms in total. The summed E-state index contributed by atoms with van der Waals surface area (Å²) in [7, 11) is -0.410. The minimum atomic E-state index is -0.410. The summed E-state index contributed by atoms with van der Waals surface area (Å²) in [5.41, 5.74) is 1.81. The highest BCUT2D eigenvalue weighted by Crippen LogP contribution is 2.36. The molecule has 2 fully saturated rings. The predicted octanol–water partition coefficient (Wildman–Crippen LogP) is 1.69. The lowest BCUT2D eigenvalue weighted by atomic mass is 9.78. The Labute approximate surface area is 138 Å². The van der Waals surface area contributed by atoms with Crippen molar-refractivity contribution >= 4 is 18.3 Å². The zero-order valence-electron chi connectivity index (χ0n) is 14.3. The molecule has 6 heteroatoms. The lowest BCUT2D eigenvalue weighted by Gasteiger charge is -2.32. The molecule has 0 radical (unpaired) electrons. The second-order valence-electron chi connectivity index (χ2n) is 7.08. The number of hydrogen-bond donors (Lipinski definition) is 0. The molecule has 0 saturated carbocycles. The fraction of sp³-hybridized carbons (Fsp3) is 0.588. The van der Waals surface area contributed by atoms with Gasteiger partial charge < -0.3 is 18.9 Å². The topological polar surface area (TPSA) is 54.7 Å². The average Bonchev–Trinajstić information content (AvgIpc) is 2.75. The molecule has 0 atom stereocenters. The van der Waals surface area contributed by atoms with E-state index >= 15 is 0 Å². The number of rotatable bonds is 2. The lowest BCUT2D eigenvalue weighted by Crippen LogP contribution is -2.41. The molecule has 2 aliphatic heterocycles. The smallest absolute Gasteiger partial charge is 0.399 e. The van der Waals surface area contributed by atoms with Crippen molar-refractivity contribution in [2.75, 3.05) is 31.2 Å². The number of morpholine rings is 1. The summed E-state index contributed by atoms with van der Waals surface area (Å²) in [6, 6.07) is 8.07. The molecule has 1 aromatic carbocycles. The zero-order valence-corrected chi connectivity index (χ0v) is 14.3. The van der Waals surface area contributed by atoms with Crippen LogP contribution in [0.1, 0.15) is 33.3 Å². The summed E-state index contributed by atoms with van der Waals surface area (Å²) in [5, 5.41) is 9.40. The van der Waals surface area contributed by atoms with Crippen LogP contribution >= 0.6 is 0 Å². The SMILES string of the molecule is CC1(C)OB(c2ccc(C#N)c(N3CCOCC3)c2)OC1(C)C. The fourth-order valence-corrected chi connectivity index (χ4v) is 2.83. The molecular weight excluding hydrogens is 291 g/mol. The maximum absolute atomic E-state index is 9.40. The Morgan fingerprint density at radius 3 is 2.26 bits per heavy atom. The molecule has 2 heterocycles. The van der Waals surface area contributed by atoms with Gasteiger partial charge in [-0.1, -0.05) is 6.07 Å². The second-order valence-corrected chi connectivity index (χ2v) is 7.08. The third-order valence-electron chi connectivity index (χ3n) is 5.02. The van der Waals surface area contributed by atoms with E-state index in [-0.39, 0.29) is 11.2 Å². The van der Waals surface area contributed by atoms with Gasteiger partial charge in [0.1, 0.15) is 6.07 Å². The maximum Gasteiger partial charge on any atom is 0.494 e. The molecule has 122 valence electrons. The lowest BCUT2D eigenvalue weighted by molar-refractivity contribution is 0.00578. The van der Waals surface area contributed by atoms with Crippen LogP contribution < -0.4 is 10.4 Å². The van der Waals surface area contributed by atoms with Crippen LogP contribution in [0.5, 0.6) is 0 Å². The molecule has 2 saturated heterocycles. The van der Waals surface area contributed by atoms with Crippen LogP contribution in [0.4, 0.5) is 5.69 Å². The summed E-state index contributed by atoms with van der Waals surface area (Å²) in [6.07, 6.45) is 0. The van der Waals surface area contributed by atoms with Crippen LogP contribution in [0.3, 0.4) is 0 Å². The molecule has 0 aliphatic carbocycles. The van der Waals surface area contributed by atoms with Crippen molar-refractivity contribution in [3.05, 3.63) is 23.8 Å². The van der Waals surface area contributed by atoms with Gasteiger partial charge >= 0.3 is 7.12 Å². The van der Waals surface area contributed by atoms with E-state index in [1.165, 1.54) is 0 Å². The van der Waals surface area contributed by atoms with Crippen molar-refractivity contribution in [2.45, 2.75) is 38.9 Å². The first-order valence-electron chi connectivity index (χ1n) is 8.06. The first-order valence-corrected chi connectivity index (χ1v) is 8.06. The summed E-state index contributed by atoms with van der Waals surface area (Å²) in [5.74, 6) is 0. The van der Waals surface area contributed by atoms with Crippen molar-refractivity contribution < 1.29 is 14.0 Å². The Morgan fingerprint density at radius 1 is 1.09 bits per heavy atom. The van der Waals surface area contributed by atoms with Gasteiger partial charge in [0.2, 0.25) is 0 Å². The quantitative estimate of drug-likeness (QED) is 0.778. The van der Waals surface area contributed by atoms with Crippen molar-refractivity contribution in [1.29, 1.82) is 5.26 Å². The normalized spacial score (nSPS) is 22.9. The first kappa shape index (κ1) is 16.3. The summed E-state index contributed by atoms with van der Waals surface area (Å²) in [6.45, 7) is 11.1. The largest absolute Gasteiger partial charge is 0.494 e. The molecule has 1 aromatic rings. The van der Waals surface area contributed by atoms with Gasteiger partial charge in [0, 0.05) is 13.1 Å². The molecule has 3 rings (SSSR count). The highest BCUT2D eigenvalue weighted by Gasteiger charge is 2.51. The van der Waals surface area contributed by atoms with E-state index in [1.807, 2.05) is 45.9 Å². The first-order chi connectivity index (χ1) is 10.8. The van der Waals surface area contributed by atoms with E-state index in [1.54, 1.807) is 0 Å². The average molecular weight is 314 g/mol. The third kappa shape index (κ3) is 2.97. The van der Waals surface area contributed by atoms with E-state index in [2.05, 4.69) is 11.0 Å². The molecule has 23 heavy (non-hydrogen) atoms. The van der Waals surface area contributed by atoms with Gasteiger partial charge in [0.15, 0.2) is 0 Å². The van der Waals surface area contributed by atoms with E-state index in [0.29, 0.717) is 18.8 Å². The van der Waals surface area contributed by atoms with Crippen molar-refractivity contribution in [2.24, 2.45) is 0 Å². The van der Waals surface area contributed by atoms with Gasteiger partial charge in [0.05, 0.1) is 35.7 Å². The van der Waals surface area contributed by atoms with Crippen molar-refractivity contribution in [3.8, 4) is 6.07 Å². The number of nitrogens with zero attached hydrogens (tertiary/aromatic N) is 2. The summed E-state index contributed by atoms with van der Waals surface area (Å²) in [4.78, 5) is 2.19. The van der Waals surface area contributed by atoms with Gasteiger partial charge in [-0.2, -0.15) is 5.26 Å². The Morgan fingerprint density at radius 2 is 1.70 bits per heavy atom. The zero-order chi connectivity index (χ0) is 16.7. The van der Waals surface area contributed by atoms with Crippen LogP contribution in [-0.2, 0) is 14.0 Å². The van der Waals surface area contributed by atoms with Crippen LogP contribution in [0.15, 0.2) is 18.2 Å². The van der Waals surface area contributed by atoms with Gasteiger partial charge in [-0.3, -0.25) is 0 Å². The standard InChI is InChI=1S/C17H23BN2O3/c1-16(2)17(3,4)23-18(22-16)14-6-5-13(12-19)15(11-14)20-7-9-21-10-8-20/h5-6,11H,7-10H2,1-4H3. The maximum atomic E-state index is 9.40. The predicted molar refractivity (Wildman–Crippen MR) is 89.9 cm³/mol. The van der Waals surface area contributed by atoms with Crippen LogP contribution in [-0.4, -0.2) is 44.6 Å². The van der Waals surface area contributed by atoms with Crippen LogP contribution in [0.25, 0.3) is 0 Å². The highest BCUT2D eigenvalue weighted by molar-refractivity contribution is 6.62. The fourth-order valence-electron chi connectivity index (χ4n) is 2.83. The molecular formula is C17H23BN2O3. The highest BCUT2D eigenvalue weighted by atomic mass is 16.7. The number of benzene rings is 1. The molecule has 0 spiro atoms. The van der Waals surface area contributed by atoms with Crippen LogP contribution in [0, 0.1) is 11.3 Å². The molecule has 2 aliphatic rings. The molecule has 0 bridgehead atoms. The molecule has 0 unspecified atom stereocenters. The van der Waals surface area contributed by atoms with Crippen molar-refractivity contribution in [1.82, 2.24) is 0 Å². The summed E-state index contributed by atoms with van der Waals surface area (Å²) >= 11 is 0. The Kier molecular flexibility index (Phi) is 4.13. The minimum absolute atomic E-state index is 0.370. The summed E-state index contributed by atoms with van der Waals surface area (Å²) < 4.78 is 17.6. The van der Waals surface area contributed by atoms with Gasteiger partial charge in [-0.25, -0.2) is 0 Å². The molecule has 0 N–H and O–H groups in total. The Bertz CT molecular complexity index is 617. The van der Waals surface area contributed by atoms with Crippen LogP contribution in [0.2, 0.25) is 0 Å². The van der Waals surface area contributed by atoms with Gasteiger partial charge in [-0.15, -0.1) is 0 Å². The van der Waals surface area contributed by atoms with E-state index in [4.69, 9.17) is 14.0 Å². The van der Waals surface area contributed by atoms with E-state index in [0.717, 1.165) is 24.2 Å². The molecule has 0 amide bonds. The number of anilines is 1. The monoisotopic (exact) mass is 314 g/mol. The molecule has 0 aromatic heterocycles. The Balaban J connectivity index is 1.91. The van der Waals surface area contributed by atoms with E-state index < -0.39 is 7.12 Å². The third-order valence-corrected chi connectivity index (χ3v) is 5.02. The number of hydrogen-bond acceptors (Lipinski definition) is 5. The van der Waals surface area contributed by atoms with E-state index in [9.17, 15) is 5.26 Å². The van der Waals surface area contributed by atoms with Crippen molar-refractivity contribution in [3.63, 3.8) is 0 Å². The minimum Gasteiger partial charge on any atom is -0.399 e. The van der Waals surface area contributed by atoms with Gasteiger partial charge in [0.25, 0.3) is 0 Å². The number of nitriles is 1. The Hall–Kier alpha value is -1.55. The second kappa shape index (κ2) is 5.83. The number of ether oxygens (including phenoxy) is 1. The van der Waals surface area contributed by atoms with Gasteiger partial charge in [-0.05, 0) is 45.3 Å².